The Balaban J connectivity index is 1.37. The van der Waals surface area contributed by atoms with Crippen molar-refractivity contribution in [2.24, 2.45) is 5.41 Å². The Morgan fingerprint density at radius 3 is 2.55 bits per heavy atom. The summed E-state index contributed by atoms with van der Waals surface area (Å²) in [5.41, 5.74) is 5.40. The third-order valence-electron chi connectivity index (χ3n) is 7.78. The number of hydrogen-bond acceptors (Lipinski definition) is 4. The van der Waals surface area contributed by atoms with Gasteiger partial charge in [-0.15, -0.1) is 0 Å². The van der Waals surface area contributed by atoms with Gasteiger partial charge < -0.3 is 10.2 Å². The molecule has 1 heterocycles. The molecule has 1 saturated carbocycles. The number of rotatable bonds is 12. The Labute approximate surface area is 241 Å². The van der Waals surface area contributed by atoms with Gasteiger partial charge in [-0.05, 0) is 85.4 Å². The third-order valence-corrected chi connectivity index (χ3v) is 9.46. The number of hydrogen-bond donors (Lipinski definition) is 2. The van der Waals surface area contributed by atoms with Gasteiger partial charge in [0.05, 0.1) is 23.2 Å². The van der Waals surface area contributed by atoms with Gasteiger partial charge in [0.2, 0.25) is 0 Å². The number of para-hydroxylation sites is 1. The standard InChI is InChI=1S/C35H37NO3S/c1-34(2,39)30-12-5-3-9-26(30)16-19-32(40-24-35(20-21-35)23-33(37)38)28-11-7-8-25(22-28)14-17-29-18-15-27-10-4-6-13-31(27)36-29/h3-15,17-18,22,32,39H,16,19-21,23-24H2,1-2H3,(H,37,38)/b17-14+/t32-/m1/s1. The van der Waals surface area contributed by atoms with Gasteiger partial charge in [0, 0.05) is 16.4 Å². The first-order valence-electron chi connectivity index (χ1n) is 14.0. The van der Waals surface area contributed by atoms with Crippen LogP contribution in [0.25, 0.3) is 23.1 Å². The second-order valence-electron chi connectivity index (χ2n) is 11.6. The molecule has 1 aliphatic carbocycles. The first-order chi connectivity index (χ1) is 19.2. The smallest absolute Gasteiger partial charge is 0.303 e. The minimum Gasteiger partial charge on any atom is -0.481 e. The number of nitrogens with zero attached hydrogens (tertiary/aromatic N) is 1. The highest BCUT2D eigenvalue weighted by Gasteiger charge is 2.44. The number of aromatic nitrogens is 1. The fourth-order valence-electron chi connectivity index (χ4n) is 5.33. The van der Waals surface area contributed by atoms with Gasteiger partial charge in [0.25, 0.3) is 0 Å². The molecular weight excluding hydrogens is 514 g/mol. The van der Waals surface area contributed by atoms with Crippen LogP contribution < -0.4 is 0 Å². The van der Waals surface area contributed by atoms with E-state index in [4.69, 9.17) is 4.98 Å². The number of aliphatic carboxylic acids is 1. The quantitative estimate of drug-likeness (QED) is 0.185. The molecule has 0 radical (unpaired) electrons. The highest BCUT2D eigenvalue weighted by molar-refractivity contribution is 7.99. The predicted molar refractivity (Wildman–Crippen MR) is 166 cm³/mol. The van der Waals surface area contributed by atoms with Crippen LogP contribution in [-0.2, 0) is 16.8 Å². The van der Waals surface area contributed by atoms with E-state index in [1.54, 1.807) is 0 Å². The molecular formula is C35H37NO3S. The van der Waals surface area contributed by atoms with E-state index in [1.165, 1.54) is 5.56 Å². The molecule has 5 rings (SSSR count). The van der Waals surface area contributed by atoms with Crippen LogP contribution in [0, 0.1) is 5.41 Å². The van der Waals surface area contributed by atoms with Gasteiger partial charge in [-0.25, -0.2) is 4.98 Å². The lowest BCUT2D eigenvalue weighted by Gasteiger charge is -2.24. The minimum absolute atomic E-state index is 0.0704. The third kappa shape index (κ3) is 7.21. The summed E-state index contributed by atoms with van der Waals surface area (Å²) in [6.07, 6.45) is 8.13. The number of carboxylic acid groups (broad SMARTS) is 1. The monoisotopic (exact) mass is 551 g/mol. The van der Waals surface area contributed by atoms with Crippen LogP contribution in [0.2, 0.25) is 0 Å². The largest absolute Gasteiger partial charge is 0.481 e. The highest BCUT2D eigenvalue weighted by Crippen LogP contribution is 2.53. The minimum atomic E-state index is -0.902. The van der Waals surface area contributed by atoms with E-state index in [0.29, 0.717) is 0 Å². The Hall–Kier alpha value is -3.41. The number of carbonyl (C=O) groups is 1. The van der Waals surface area contributed by atoms with Gasteiger partial charge in [-0.1, -0.05) is 78.9 Å². The predicted octanol–water partition coefficient (Wildman–Crippen LogP) is 8.29. The number of aliphatic hydroxyl groups is 1. The van der Waals surface area contributed by atoms with Gasteiger partial charge >= 0.3 is 5.97 Å². The first-order valence-corrected chi connectivity index (χ1v) is 15.0. The molecule has 3 aromatic carbocycles. The average molecular weight is 552 g/mol. The topological polar surface area (TPSA) is 70.4 Å². The van der Waals surface area contributed by atoms with Gasteiger partial charge in [-0.3, -0.25) is 4.79 Å². The summed E-state index contributed by atoms with van der Waals surface area (Å²) in [5.74, 6) is 0.140. The number of pyridine rings is 1. The molecule has 40 heavy (non-hydrogen) atoms. The van der Waals surface area contributed by atoms with Crippen molar-refractivity contribution < 1.29 is 15.0 Å². The number of aryl methyl sites for hydroxylation is 1. The molecule has 0 saturated heterocycles. The number of thioether (sulfide) groups is 1. The van der Waals surface area contributed by atoms with Crippen LogP contribution in [0.4, 0.5) is 0 Å². The first kappa shape index (κ1) is 28.1. The van der Waals surface area contributed by atoms with Crippen molar-refractivity contribution in [1.82, 2.24) is 4.98 Å². The molecule has 206 valence electrons. The van der Waals surface area contributed by atoms with Gasteiger partial charge in [0.1, 0.15) is 0 Å². The lowest BCUT2D eigenvalue weighted by molar-refractivity contribution is -0.138. The maximum absolute atomic E-state index is 11.5. The van der Waals surface area contributed by atoms with Crippen molar-refractivity contribution in [3.05, 3.63) is 113 Å². The normalized spacial score (nSPS) is 15.4. The molecule has 4 aromatic rings. The Morgan fingerprint density at radius 2 is 1.77 bits per heavy atom. The maximum atomic E-state index is 11.5. The van der Waals surface area contributed by atoms with E-state index in [9.17, 15) is 15.0 Å². The van der Waals surface area contributed by atoms with Crippen molar-refractivity contribution in [3.8, 4) is 0 Å². The zero-order valence-corrected chi connectivity index (χ0v) is 24.0. The van der Waals surface area contributed by atoms with Crippen molar-refractivity contribution in [2.45, 2.75) is 56.8 Å². The summed E-state index contributed by atoms with van der Waals surface area (Å²) in [6.45, 7) is 3.67. The van der Waals surface area contributed by atoms with E-state index >= 15 is 0 Å². The number of benzene rings is 3. The zero-order valence-electron chi connectivity index (χ0n) is 23.2. The van der Waals surface area contributed by atoms with Crippen LogP contribution in [0.15, 0.2) is 84.9 Å². The van der Waals surface area contributed by atoms with E-state index in [-0.39, 0.29) is 17.1 Å². The highest BCUT2D eigenvalue weighted by atomic mass is 32.2. The summed E-state index contributed by atoms with van der Waals surface area (Å²) in [7, 11) is 0. The number of carboxylic acids is 1. The van der Waals surface area contributed by atoms with Gasteiger partial charge in [-0.2, -0.15) is 11.8 Å². The van der Waals surface area contributed by atoms with Crippen LogP contribution >= 0.6 is 11.8 Å². The second kappa shape index (κ2) is 12.0. The SMILES string of the molecule is CC(C)(O)c1ccccc1CC[C@@H](SCC1(CC(=O)O)CC1)c1cccc(/C=C/c2ccc3ccccc3n2)c1. The fraction of sp³-hybridized carbons (Fsp3) is 0.314. The van der Waals surface area contributed by atoms with Crippen molar-refractivity contribution in [2.75, 3.05) is 5.75 Å². The van der Waals surface area contributed by atoms with Crippen LogP contribution in [0.3, 0.4) is 0 Å². The summed E-state index contributed by atoms with van der Waals surface area (Å²) < 4.78 is 0. The van der Waals surface area contributed by atoms with Crippen molar-refractivity contribution in [1.29, 1.82) is 0 Å². The molecule has 1 aromatic heterocycles. The van der Waals surface area contributed by atoms with E-state index < -0.39 is 11.6 Å². The van der Waals surface area contributed by atoms with Crippen LogP contribution in [0.1, 0.15) is 72.7 Å². The Kier molecular flexibility index (Phi) is 8.43. The molecule has 0 amide bonds. The van der Waals surface area contributed by atoms with Crippen molar-refractivity contribution >= 4 is 40.8 Å². The molecule has 1 fully saturated rings. The molecule has 2 N–H and O–H groups in total. The average Bonchev–Trinajstić information content (AvgIpc) is 3.70. The van der Waals surface area contributed by atoms with E-state index in [0.717, 1.165) is 64.7 Å². The zero-order chi connectivity index (χ0) is 28.2. The lowest BCUT2D eigenvalue weighted by atomic mass is 9.90. The maximum Gasteiger partial charge on any atom is 0.303 e. The summed E-state index contributed by atoms with van der Waals surface area (Å²) >= 11 is 1.88. The van der Waals surface area contributed by atoms with Crippen LogP contribution in [0.5, 0.6) is 0 Å². The van der Waals surface area contributed by atoms with E-state index in [2.05, 4.69) is 54.6 Å². The van der Waals surface area contributed by atoms with Crippen molar-refractivity contribution in [3.63, 3.8) is 0 Å². The molecule has 1 atom stereocenters. The summed E-state index contributed by atoms with van der Waals surface area (Å²) in [6, 6.07) is 29.0. The van der Waals surface area contributed by atoms with Gasteiger partial charge in [0.15, 0.2) is 0 Å². The molecule has 5 heteroatoms. The van der Waals surface area contributed by atoms with E-state index in [1.807, 2.05) is 68.1 Å². The molecule has 0 bridgehead atoms. The van der Waals surface area contributed by atoms with Crippen LogP contribution in [-0.4, -0.2) is 26.9 Å². The summed E-state index contributed by atoms with van der Waals surface area (Å²) in [4.78, 5) is 16.2. The lowest BCUT2D eigenvalue weighted by Crippen LogP contribution is -2.18. The summed E-state index contributed by atoms with van der Waals surface area (Å²) in [5, 5.41) is 21.5. The molecule has 0 spiro atoms. The Bertz CT molecular complexity index is 1520. The number of fused-ring (bicyclic) bond motifs is 1. The molecule has 0 unspecified atom stereocenters. The second-order valence-corrected chi connectivity index (χ2v) is 12.7. The molecule has 1 aliphatic rings. The molecule has 4 nitrogen and oxygen atoms in total. The molecule has 0 aliphatic heterocycles. The fourth-order valence-corrected chi connectivity index (χ4v) is 6.90. The Morgan fingerprint density at radius 1 is 1.00 bits per heavy atom.